The lowest BCUT2D eigenvalue weighted by atomic mass is 10.4. The monoisotopic (exact) mass is 300 g/mol. The Morgan fingerprint density at radius 2 is 2.16 bits per heavy atom. The quantitative estimate of drug-likeness (QED) is 0.483. The van der Waals surface area contributed by atoms with Crippen molar-refractivity contribution >= 4 is 35.1 Å². The molecule has 0 spiro atoms. The number of carbonyl (C=O) groups is 1. The van der Waals surface area contributed by atoms with Crippen LogP contribution in [0.1, 0.15) is 12.8 Å². The molecule has 1 saturated heterocycles. The molecule has 104 valence electrons. The molecule has 2 heterocycles. The molecule has 2 rings (SSSR count). The van der Waals surface area contributed by atoms with Gasteiger partial charge in [-0.05, 0) is 19.1 Å². The molecule has 0 saturated carbocycles. The van der Waals surface area contributed by atoms with Crippen LogP contribution in [-0.4, -0.2) is 53.7 Å². The van der Waals surface area contributed by atoms with Crippen LogP contribution in [0.15, 0.2) is 11.2 Å². The molecule has 1 fully saturated rings. The Bertz CT molecular complexity index is 465. The number of nitrogens with zero attached hydrogens (tertiary/aromatic N) is 4. The zero-order valence-electron chi connectivity index (χ0n) is 11.1. The van der Waals surface area contributed by atoms with E-state index in [1.807, 2.05) is 23.1 Å². The minimum atomic E-state index is 0.139. The van der Waals surface area contributed by atoms with E-state index >= 15 is 0 Å². The highest BCUT2D eigenvalue weighted by Gasteiger charge is 2.20. The largest absolute Gasteiger partial charge is 0.350 e. The van der Waals surface area contributed by atoms with E-state index in [1.165, 1.54) is 11.8 Å². The topological polar surface area (TPSA) is 49.3 Å². The first-order valence-corrected chi connectivity index (χ1v) is 7.78. The normalized spacial score (nSPS) is 14.8. The Morgan fingerprint density at radius 1 is 1.47 bits per heavy atom. The van der Waals surface area contributed by atoms with E-state index in [0.29, 0.717) is 22.7 Å². The van der Waals surface area contributed by atoms with E-state index in [-0.39, 0.29) is 5.91 Å². The van der Waals surface area contributed by atoms with E-state index in [2.05, 4.69) is 9.97 Å². The summed E-state index contributed by atoms with van der Waals surface area (Å²) < 4.78 is 0. The molecule has 0 bridgehead atoms. The number of rotatable bonds is 4. The predicted octanol–water partition coefficient (Wildman–Crippen LogP) is 1.91. The summed E-state index contributed by atoms with van der Waals surface area (Å²) in [6.45, 7) is 2.06. The number of likely N-dealkylation sites (N-methyl/N-ethyl adjacent to an activating group) is 1. The van der Waals surface area contributed by atoms with Gasteiger partial charge in [-0.1, -0.05) is 23.4 Å². The van der Waals surface area contributed by atoms with Crippen molar-refractivity contribution in [3.05, 3.63) is 11.2 Å². The van der Waals surface area contributed by atoms with Crippen LogP contribution in [0, 0.1) is 0 Å². The van der Waals surface area contributed by atoms with Crippen LogP contribution >= 0.6 is 23.4 Å². The number of likely N-dealkylation sites (tertiary alicyclic amines) is 1. The number of thioether (sulfide) groups is 1. The third-order valence-corrected chi connectivity index (χ3v) is 3.81. The van der Waals surface area contributed by atoms with Gasteiger partial charge in [-0.3, -0.25) is 4.79 Å². The van der Waals surface area contributed by atoms with E-state index in [1.54, 1.807) is 6.07 Å². The summed E-state index contributed by atoms with van der Waals surface area (Å²) in [7, 11) is 1.84. The molecule has 1 aromatic heterocycles. The van der Waals surface area contributed by atoms with Gasteiger partial charge in [-0.15, -0.1) is 0 Å². The van der Waals surface area contributed by atoms with Gasteiger partial charge in [-0.2, -0.15) is 0 Å². The molecular weight excluding hydrogens is 284 g/mol. The first kappa shape index (κ1) is 14.4. The van der Waals surface area contributed by atoms with Crippen LogP contribution in [-0.2, 0) is 4.79 Å². The van der Waals surface area contributed by atoms with Gasteiger partial charge in [0.2, 0.25) is 5.91 Å². The van der Waals surface area contributed by atoms with Gasteiger partial charge >= 0.3 is 0 Å². The maximum absolute atomic E-state index is 12.1. The van der Waals surface area contributed by atoms with E-state index < -0.39 is 0 Å². The van der Waals surface area contributed by atoms with Gasteiger partial charge in [0.05, 0.1) is 6.54 Å². The van der Waals surface area contributed by atoms with Crippen molar-refractivity contribution in [2.45, 2.75) is 18.0 Å². The van der Waals surface area contributed by atoms with Gasteiger partial charge in [-0.25, -0.2) is 9.97 Å². The van der Waals surface area contributed by atoms with Crippen molar-refractivity contribution in [1.82, 2.24) is 14.9 Å². The summed E-state index contributed by atoms with van der Waals surface area (Å²) in [6.07, 6.45) is 4.10. The predicted molar refractivity (Wildman–Crippen MR) is 77.9 cm³/mol. The van der Waals surface area contributed by atoms with Crippen LogP contribution in [0.3, 0.4) is 0 Å². The summed E-state index contributed by atoms with van der Waals surface area (Å²) in [4.78, 5) is 24.2. The maximum Gasteiger partial charge on any atom is 0.242 e. The molecule has 0 N–H and O–H groups in total. The van der Waals surface area contributed by atoms with Crippen LogP contribution in [0.4, 0.5) is 5.82 Å². The zero-order valence-corrected chi connectivity index (χ0v) is 12.7. The molecule has 7 heteroatoms. The Morgan fingerprint density at radius 3 is 2.79 bits per heavy atom. The Balaban J connectivity index is 2.04. The van der Waals surface area contributed by atoms with Crippen LogP contribution in [0.2, 0.25) is 5.15 Å². The van der Waals surface area contributed by atoms with Gasteiger partial charge < -0.3 is 9.80 Å². The molecule has 1 aliphatic rings. The summed E-state index contributed by atoms with van der Waals surface area (Å²) in [5.74, 6) is 0.817. The van der Waals surface area contributed by atoms with E-state index in [4.69, 9.17) is 11.6 Å². The molecule has 0 unspecified atom stereocenters. The van der Waals surface area contributed by atoms with E-state index in [9.17, 15) is 4.79 Å². The molecule has 1 aliphatic heterocycles. The highest BCUT2D eigenvalue weighted by Crippen LogP contribution is 2.19. The lowest BCUT2D eigenvalue weighted by Crippen LogP contribution is -2.37. The van der Waals surface area contributed by atoms with Gasteiger partial charge in [0.25, 0.3) is 0 Å². The van der Waals surface area contributed by atoms with Gasteiger partial charge in [0.1, 0.15) is 11.0 Å². The van der Waals surface area contributed by atoms with Crippen molar-refractivity contribution in [2.24, 2.45) is 0 Å². The lowest BCUT2D eigenvalue weighted by molar-refractivity contribution is -0.128. The molecule has 1 aromatic rings. The Labute approximate surface area is 122 Å². The molecule has 19 heavy (non-hydrogen) atoms. The van der Waals surface area contributed by atoms with Crippen molar-refractivity contribution in [3.63, 3.8) is 0 Å². The van der Waals surface area contributed by atoms with Crippen LogP contribution in [0.5, 0.6) is 0 Å². The number of amides is 1. The fourth-order valence-corrected chi connectivity index (χ4v) is 2.62. The number of halogens is 1. The van der Waals surface area contributed by atoms with Crippen molar-refractivity contribution in [3.8, 4) is 0 Å². The SMILES string of the molecule is CSc1nc(Cl)cc(N(C)CC(=O)N2CCCC2)n1. The second kappa shape index (κ2) is 6.43. The number of anilines is 1. The summed E-state index contributed by atoms with van der Waals surface area (Å²) in [5.41, 5.74) is 0. The molecule has 0 atom stereocenters. The second-order valence-electron chi connectivity index (χ2n) is 4.48. The van der Waals surface area contributed by atoms with Crippen molar-refractivity contribution in [1.29, 1.82) is 0 Å². The lowest BCUT2D eigenvalue weighted by Gasteiger charge is -2.22. The van der Waals surface area contributed by atoms with E-state index in [0.717, 1.165) is 25.9 Å². The first-order chi connectivity index (χ1) is 9.10. The molecule has 0 aliphatic carbocycles. The van der Waals surface area contributed by atoms with Gasteiger partial charge in [0, 0.05) is 26.2 Å². The third-order valence-electron chi connectivity index (χ3n) is 3.07. The molecule has 0 aromatic carbocycles. The standard InChI is InChI=1S/C12H17ClN4OS/c1-16(8-11(18)17-5-3-4-6-17)10-7-9(13)14-12(15-10)19-2/h7H,3-6,8H2,1-2H3. The molecule has 5 nitrogen and oxygen atoms in total. The Kier molecular flexibility index (Phi) is 4.87. The minimum Gasteiger partial charge on any atom is -0.350 e. The van der Waals surface area contributed by atoms with Crippen molar-refractivity contribution in [2.75, 3.05) is 37.8 Å². The highest BCUT2D eigenvalue weighted by atomic mass is 35.5. The molecule has 0 radical (unpaired) electrons. The molecule has 1 amide bonds. The minimum absolute atomic E-state index is 0.139. The zero-order chi connectivity index (χ0) is 13.8. The number of hydrogen-bond acceptors (Lipinski definition) is 5. The molecular formula is C12H17ClN4OS. The average molecular weight is 301 g/mol. The van der Waals surface area contributed by atoms with Crippen molar-refractivity contribution < 1.29 is 4.79 Å². The average Bonchev–Trinajstić information content (AvgIpc) is 2.91. The first-order valence-electron chi connectivity index (χ1n) is 6.17. The maximum atomic E-state index is 12.1. The summed E-state index contributed by atoms with van der Waals surface area (Å²) in [6, 6.07) is 1.68. The third kappa shape index (κ3) is 3.73. The number of carbonyl (C=O) groups excluding carboxylic acids is 1. The highest BCUT2D eigenvalue weighted by molar-refractivity contribution is 7.98. The van der Waals surface area contributed by atoms with Crippen LogP contribution in [0.25, 0.3) is 0 Å². The number of hydrogen-bond donors (Lipinski definition) is 0. The smallest absolute Gasteiger partial charge is 0.242 e. The Hall–Kier alpha value is -1.01. The van der Waals surface area contributed by atoms with Gasteiger partial charge in [0.15, 0.2) is 5.16 Å². The fraction of sp³-hybridized carbons (Fsp3) is 0.583. The number of aromatic nitrogens is 2. The summed E-state index contributed by atoms with van der Waals surface area (Å²) >= 11 is 7.38. The fourth-order valence-electron chi connectivity index (χ4n) is 2.02. The summed E-state index contributed by atoms with van der Waals surface area (Å²) in [5, 5.41) is 1.01. The second-order valence-corrected chi connectivity index (χ2v) is 5.64. The van der Waals surface area contributed by atoms with Crippen LogP contribution < -0.4 is 4.90 Å².